The average molecular weight is 704 g/mol. The topological polar surface area (TPSA) is 132 Å². The molecule has 0 bridgehead atoms. The minimum Gasteiger partial charge on any atom is -0.481 e. The number of hydrogen-bond acceptors (Lipinski definition) is 4. The molecule has 0 unspecified atom stereocenters. The van der Waals surface area contributed by atoms with Crippen LogP contribution in [0.25, 0.3) is 0 Å². The Morgan fingerprint density at radius 3 is 1.12 bits per heavy atom. The SMILES string of the molecule is CC1CCC(C(C)C)(C2(N)CCCCC2)CC1.CC1CCC(C(C)C)(C2(N)CCCCC2)CC1.NC(=O)CCCCCCCCCCC(=O)O. The molecule has 0 heterocycles. The van der Waals surface area contributed by atoms with Crippen molar-refractivity contribution < 1.29 is 14.7 Å². The molecule has 0 radical (unpaired) electrons. The van der Waals surface area contributed by atoms with E-state index < -0.39 is 5.97 Å². The molecule has 4 aliphatic rings. The van der Waals surface area contributed by atoms with Gasteiger partial charge in [0, 0.05) is 23.9 Å². The normalized spacial score (nSPS) is 29.3. The molecule has 6 nitrogen and oxygen atoms in total. The molecule has 4 aliphatic carbocycles. The Morgan fingerprint density at radius 1 is 0.540 bits per heavy atom. The molecule has 4 rings (SSSR count). The van der Waals surface area contributed by atoms with E-state index in [4.69, 9.17) is 22.3 Å². The van der Waals surface area contributed by atoms with Crippen LogP contribution in [0.5, 0.6) is 0 Å². The van der Waals surface area contributed by atoms with Crippen molar-refractivity contribution in [2.45, 2.75) is 232 Å². The van der Waals surface area contributed by atoms with Crippen molar-refractivity contribution in [3.63, 3.8) is 0 Å². The molecule has 4 saturated carbocycles. The Morgan fingerprint density at radius 2 is 0.840 bits per heavy atom. The molecular formula is C44H85N3O3. The van der Waals surface area contributed by atoms with Crippen molar-refractivity contribution in [2.24, 2.45) is 51.7 Å². The predicted octanol–water partition coefficient (Wildman–Crippen LogP) is 11.5. The molecule has 50 heavy (non-hydrogen) atoms. The number of rotatable bonds is 15. The van der Waals surface area contributed by atoms with E-state index in [-0.39, 0.29) is 17.0 Å². The number of primary amides is 1. The highest BCUT2D eigenvalue weighted by molar-refractivity contribution is 5.73. The fourth-order valence-electron chi connectivity index (χ4n) is 10.9. The van der Waals surface area contributed by atoms with E-state index in [1.54, 1.807) is 0 Å². The Balaban J connectivity index is 0.000000260. The van der Waals surface area contributed by atoms with Gasteiger partial charge in [0.2, 0.25) is 5.91 Å². The van der Waals surface area contributed by atoms with Gasteiger partial charge < -0.3 is 22.3 Å². The summed E-state index contributed by atoms with van der Waals surface area (Å²) < 4.78 is 0. The second kappa shape index (κ2) is 22.2. The van der Waals surface area contributed by atoms with Crippen LogP contribution in [0.1, 0.15) is 221 Å². The van der Waals surface area contributed by atoms with Gasteiger partial charge in [0.05, 0.1) is 0 Å². The largest absolute Gasteiger partial charge is 0.481 e. The van der Waals surface area contributed by atoms with Crippen LogP contribution in [0.2, 0.25) is 0 Å². The summed E-state index contributed by atoms with van der Waals surface area (Å²) in [6.07, 6.45) is 33.6. The van der Waals surface area contributed by atoms with Crippen LogP contribution in [0.3, 0.4) is 0 Å². The van der Waals surface area contributed by atoms with Crippen molar-refractivity contribution >= 4 is 11.9 Å². The third-order valence-corrected chi connectivity index (χ3v) is 14.6. The first-order valence-corrected chi connectivity index (χ1v) is 21.7. The van der Waals surface area contributed by atoms with Gasteiger partial charge in [-0.2, -0.15) is 0 Å². The third-order valence-electron chi connectivity index (χ3n) is 14.6. The zero-order chi connectivity index (χ0) is 37.3. The first-order valence-electron chi connectivity index (χ1n) is 21.7. The van der Waals surface area contributed by atoms with Gasteiger partial charge >= 0.3 is 5.97 Å². The van der Waals surface area contributed by atoms with Gasteiger partial charge in [-0.1, -0.05) is 144 Å². The standard InChI is InChI=1S/2C16H31N.C12H23NO3/c2*1-13(2)15(11-7-14(3)8-12-15)16(17)9-5-4-6-10-16;13-11(14)9-7-5-3-1-2-4-6-8-10-12(15)16/h2*13-14H,4-12,17H2,1-3H3;1-10H2,(H2,13,14)(H,15,16). The molecule has 294 valence electrons. The summed E-state index contributed by atoms with van der Waals surface area (Å²) in [5, 5.41) is 8.42. The molecular weight excluding hydrogens is 619 g/mol. The Bertz CT molecular complexity index is 858. The minimum atomic E-state index is -0.702. The molecule has 4 fully saturated rings. The van der Waals surface area contributed by atoms with Crippen LogP contribution in [-0.4, -0.2) is 28.1 Å². The van der Waals surface area contributed by atoms with E-state index in [1.165, 1.54) is 122 Å². The second-order valence-corrected chi connectivity index (χ2v) is 18.6. The zero-order valence-electron chi connectivity index (χ0n) is 34.1. The van der Waals surface area contributed by atoms with Crippen LogP contribution < -0.4 is 17.2 Å². The minimum absolute atomic E-state index is 0.152. The number of carboxylic acids is 1. The number of carboxylic acid groups (broad SMARTS) is 1. The maximum Gasteiger partial charge on any atom is 0.303 e. The van der Waals surface area contributed by atoms with Crippen molar-refractivity contribution in [3.05, 3.63) is 0 Å². The number of nitrogens with two attached hydrogens (primary N) is 3. The smallest absolute Gasteiger partial charge is 0.303 e. The number of aliphatic carboxylic acids is 1. The van der Waals surface area contributed by atoms with E-state index in [1.807, 2.05) is 0 Å². The quantitative estimate of drug-likeness (QED) is 0.126. The van der Waals surface area contributed by atoms with Gasteiger partial charge in [-0.15, -0.1) is 0 Å². The molecule has 0 atom stereocenters. The highest BCUT2D eigenvalue weighted by atomic mass is 16.4. The monoisotopic (exact) mass is 704 g/mol. The summed E-state index contributed by atoms with van der Waals surface area (Å²) in [5.41, 5.74) is 20.0. The lowest BCUT2D eigenvalue weighted by molar-refractivity contribution is -0.137. The van der Waals surface area contributed by atoms with Crippen molar-refractivity contribution in [1.29, 1.82) is 0 Å². The van der Waals surface area contributed by atoms with Gasteiger partial charge in [0.25, 0.3) is 0 Å². The van der Waals surface area contributed by atoms with Gasteiger partial charge in [-0.25, -0.2) is 0 Å². The lowest BCUT2D eigenvalue weighted by atomic mass is 9.52. The molecule has 0 aromatic heterocycles. The number of hydrogen-bond donors (Lipinski definition) is 4. The Kier molecular flexibility index (Phi) is 20.0. The molecule has 7 N–H and O–H groups in total. The van der Waals surface area contributed by atoms with Gasteiger partial charge in [0.1, 0.15) is 0 Å². The Labute approximate surface area is 310 Å². The summed E-state index contributed by atoms with van der Waals surface area (Å²) in [6, 6.07) is 0. The van der Waals surface area contributed by atoms with Crippen molar-refractivity contribution in [2.75, 3.05) is 0 Å². The summed E-state index contributed by atoms with van der Waals surface area (Å²) in [4.78, 5) is 20.7. The van der Waals surface area contributed by atoms with Gasteiger partial charge in [0.15, 0.2) is 0 Å². The fraction of sp³-hybridized carbons (Fsp3) is 0.955. The highest BCUT2D eigenvalue weighted by Gasteiger charge is 2.52. The Hall–Kier alpha value is -1.14. The molecule has 1 amide bonds. The van der Waals surface area contributed by atoms with E-state index in [9.17, 15) is 9.59 Å². The number of carbonyl (C=O) groups is 2. The van der Waals surface area contributed by atoms with E-state index in [0.717, 1.165) is 68.6 Å². The lowest BCUT2D eigenvalue weighted by Crippen LogP contribution is -2.60. The van der Waals surface area contributed by atoms with Gasteiger partial charge in [-0.3, -0.25) is 9.59 Å². The van der Waals surface area contributed by atoms with Crippen LogP contribution in [0, 0.1) is 34.5 Å². The van der Waals surface area contributed by atoms with E-state index in [0.29, 0.717) is 23.7 Å². The molecule has 6 heteroatoms. The molecule has 0 aromatic carbocycles. The predicted molar refractivity (Wildman–Crippen MR) is 213 cm³/mol. The molecule has 0 aliphatic heterocycles. The number of amides is 1. The first kappa shape index (κ1) is 45.0. The van der Waals surface area contributed by atoms with Crippen LogP contribution in [-0.2, 0) is 9.59 Å². The third kappa shape index (κ3) is 13.4. The van der Waals surface area contributed by atoms with Crippen LogP contribution >= 0.6 is 0 Å². The zero-order valence-corrected chi connectivity index (χ0v) is 34.1. The summed E-state index contributed by atoms with van der Waals surface area (Å²) in [5.74, 6) is 2.43. The second-order valence-electron chi connectivity index (χ2n) is 18.6. The molecule has 0 saturated heterocycles. The fourth-order valence-corrected chi connectivity index (χ4v) is 10.9. The maximum absolute atomic E-state index is 10.4. The number of carbonyl (C=O) groups excluding carboxylic acids is 1. The van der Waals surface area contributed by atoms with Crippen LogP contribution in [0.4, 0.5) is 0 Å². The van der Waals surface area contributed by atoms with E-state index in [2.05, 4.69) is 41.5 Å². The summed E-state index contributed by atoms with van der Waals surface area (Å²) in [6.45, 7) is 14.5. The van der Waals surface area contributed by atoms with Crippen molar-refractivity contribution in [3.8, 4) is 0 Å². The number of unbranched alkanes of at least 4 members (excludes halogenated alkanes) is 7. The lowest BCUT2D eigenvalue weighted by Gasteiger charge is -2.56. The first-order chi connectivity index (χ1) is 23.6. The summed E-state index contributed by atoms with van der Waals surface area (Å²) >= 11 is 0. The molecule has 0 spiro atoms. The average Bonchev–Trinajstić information content (AvgIpc) is 3.07. The van der Waals surface area contributed by atoms with E-state index >= 15 is 0 Å². The van der Waals surface area contributed by atoms with Gasteiger partial charge in [-0.05, 0) is 98.7 Å². The summed E-state index contributed by atoms with van der Waals surface area (Å²) in [7, 11) is 0. The molecule has 0 aromatic rings. The maximum atomic E-state index is 10.4. The highest BCUT2D eigenvalue weighted by Crippen LogP contribution is 2.56. The van der Waals surface area contributed by atoms with Crippen LogP contribution in [0.15, 0.2) is 0 Å². The van der Waals surface area contributed by atoms with Crippen molar-refractivity contribution in [1.82, 2.24) is 0 Å².